The molecule has 40 heavy (non-hydrogen) atoms. The van der Waals surface area contributed by atoms with Gasteiger partial charge < -0.3 is 19.8 Å². The van der Waals surface area contributed by atoms with Gasteiger partial charge in [-0.1, -0.05) is 48.0 Å². The number of imide groups is 1. The minimum Gasteiger partial charge on any atom is -0.454 e. The van der Waals surface area contributed by atoms with Crippen LogP contribution in [0, 0.1) is 11.8 Å². The van der Waals surface area contributed by atoms with E-state index >= 15 is 0 Å². The molecule has 3 aromatic carbocycles. The van der Waals surface area contributed by atoms with Crippen molar-refractivity contribution < 1.29 is 23.9 Å². The minimum absolute atomic E-state index is 0.0706. The first-order valence-corrected chi connectivity index (χ1v) is 13.5. The summed E-state index contributed by atoms with van der Waals surface area (Å²) in [4.78, 5) is 46.7. The number of benzene rings is 3. The molecule has 9 nitrogen and oxygen atoms in total. The van der Waals surface area contributed by atoms with Gasteiger partial charge in [0.05, 0.1) is 29.1 Å². The molecule has 1 spiro atoms. The summed E-state index contributed by atoms with van der Waals surface area (Å²) in [6.45, 7) is 0.201. The highest BCUT2D eigenvalue weighted by Crippen LogP contribution is 2.54. The van der Waals surface area contributed by atoms with Gasteiger partial charge in [-0.05, 0) is 41.8 Å². The van der Waals surface area contributed by atoms with E-state index in [1.54, 1.807) is 30.3 Å². The summed E-state index contributed by atoms with van der Waals surface area (Å²) in [5.74, 6) is -1.54. The maximum atomic E-state index is 14.2. The van der Waals surface area contributed by atoms with E-state index in [0.29, 0.717) is 34.2 Å². The number of halogens is 1. The lowest BCUT2D eigenvalue weighted by Crippen LogP contribution is -2.53. The smallest absolute Gasteiger partial charge is 0.250 e. The molecule has 3 N–H and O–H groups in total. The summed E-state index contributed by atoms with van der Waals surface area (Å²) in [6, 6.07) is 18.1. The number of hydrogen-bond donors (Lipinski definition) is 3. The van der Waals surface area contributed by atoms with Gasteiger partial charge in [0.1, 0.15) is 5.54 Å². The van der Waals surface area contributed by atoms with E-state index in [2.05, 4.69) is 15.6 Å². The van der Waals surface area contributed by atoms with E-state index in [1.165, 1.54) is 4.90 Å². The Morgan fingerprint density at radius 1 is 0.975 bits per heavy atom. The van der Waals surface area contributed by atoms with Gasteiger partial charge in [-0.25, -0.2) is 0 Å². The number of carbonyl (C=O) groups is 3. The van der Waals surface area contributed by atoms with Crippen molar-refractivity contribution in [3.8, 4) is 11.5 Å². The number of carbonyl (C=O) groups excluding carboxylic acids is 3. The monoisotopic (exact) mass is 554 g/mol. The third kappa shape index (κ3) is 3.10. The Hall–Kier alpha value is -4.34. The van der Waals surface area contributed by atoms with Crippen LogP contribution in [0.2, 0.25) is 5.02 Å². The fraction of sp³-hybridized carbons (Fsp3) is 0.233. The molecule has 0 aliphatic carbocycles. The zero-order valence-corrected chi connectivity index (χ0v) is 21.8. The summed E-state index contributed by atoms with van der Waals surface area (Å²) in [5, 5.41) is 7.81. The molecule has 0 bridgehead atoms. The summed E-state index contributed by atoms with van der Waals surface area (Å²) < 4.78 is 10.9. The fourth-order valence-electron chi connectivity index (χ4n) is 6.94. The Labute approximate surface area is 233 Å². The van der Waals surface area contributed by atoms with Gasteiger partial charge >= 0.3 is 0 Å². The van der Waals surface area contributed by atoms with Gasteiger partial charge in [0.15, 0.2) is 11.5 Å². The number of aromatic nitrogens is 1. The van der Waals surface area contributed by atoms with Gasteiger partial charge in [-0.15, -0.1) is 0 Å². The van der Waals surface area contributed by atoms with Crippen LogP contribution in [0.1, 0.15) is 16.7 Å². The number of fused-ring (bicyclic) bond motifs is 6. The Bertz CT molecular complexity index is 1770. The second-order valence-electron chi connectivity index (χ2n) is 10.7. The number of anilines is 1. The maximum absolute atomic E-state index is 14.2. The first-order valence-electron chi connectivity index (χ1n) is 13.1. The van der Waals surface area contributed by atoms with Crippen LogP contribution >= 0.6 is 11.6 Å². The average molecular weight is 555 g/mol. The molecule has 4 aromatic rings. The Morgan fingerprint density at radius 2 is 1.82 bits per heavy atom. The highest BCUT2D eigenvalue weighted by molar-refractivity contribution is 6.35. The molecule has 2 saturated heterocycles. The van der Waals surface area contributed by atoms with Crippen LogP contribution in [0.4, 0.5) is 5.69 Å². The summed E-state index contributed by atoms with van der Waals surface area (Å²) >= 11 is 6.47. The van der Waals surface area contributed by atoms with Crippen molar-refractivity contribution in [2.45, 2.75) is 24.5 Å². The number of nitrogens with zero attached hydrogens (tertiary/aromatic N) is 1. The lowest BCUT2D eigenvalue weighted by molar-refractivity contribution is -0.143. The van der Waals surface area contributed by atoms with E-state index in [9.17, 15) is 14.4 Å². The molecule has 0 unspecified atom stereocenters. The molecule has 8 rings (SSSR count). The van der Waals surface area contributed by atoms with Crippen molar-refractivity contribution in [3.05, 3.63) is 88.6 Å². The molecule has 200 valence electrons. The molecule has 10 heteroatoms. The number of ether oxygens (including phenoxy) is 2. The van der Waals surface area contributed by atoms with Crippen molar-refractivity contribution in [1.82, 2.24) is 15.2 Å². The van der Waals surface area contributed by atoms with E-state index in [4.69, 9.17) is 21.1 Å². The van der Waals surface area contributed by atoms with E-state index in [1.807, 2.05) is 36.5 Å². The number of H-pyrrole nitrogens is 1. The molecular weight excluding hydrogens is 532 g/mol. The molecular formula is C30H23ClN4O5. The number of para-hydroxylation sites is 2. The normalized spacial score (nSPS) is 26.2. The summed E-state index contributed by atoms with van der Waals surface area (Å²) in [7, 11) is 0. The molecule has 3 amide bonds. The second kappa shape index (κ2) is 8.33. The zero-order valence-electron chi connectivity index (χ0n) is 21.1. The van der Waals surface area contributed by atoms with Gasteiger partial charge in [0.2, 0.25) is 24.5 Å². The van der Waals surface area contributed by atoms with Gasteiger partial charge in [-0.3, -0.25) is 24.6 Å². The molecule has 4 atom stereocenters. The third-order valence-corrected chi connectivity index (χ3v) is 9.00. The largest absolute Gasteiger partial charge is 0.454 e. The van der Waals surface area contributed by atoms with Crippen molar-refractivity contribution in [2.24, 2.45) is 11.8 Å². The van der Waals surface area contributed by atoms with Crippen molar-refractivity contribution >= 4 is 45.9 Å². The highest BCUT2D eigenvalue weighted by atomic mass is 35.5. The maximum Gasteiger partial charge on any atom is 0.250 e. The number of hydrogen-bond acceptors (Lipinski definition) is 6. The average Bonchev–Trinajstić information content (AvgIpc) is 3.75. The molecule has 4 aliphatic rings. The van der Waals surface area contributed by atoms with E-state index in [-0.39, 0.29) is 31.1 Å². The summed E-state index contributed by atoms with van der Waals surface area (Å²) in [5.41, 5.74) is 2.37. The van der Waals surface area contributed by atoms with Crippen LogP contribution in [0.15, 0.2) is 66.9 Å². The molecule has 0 saturated carbocycles. The first kappa shape index (κ1) is 23.5. The van der Waals surface area contributed by atoms with Gasteiger partial charge in [0, 0.05) is 28.7 Å². The Morgan fingerprint density at radius 3 is 2.73 bits per heavy atom. The number of nitrogens with one attached hydrogen (secondary N) is 3. The molecule has 4 aliphatic heterocycles. The first-order chi connectivity index (χ1) is 19.5. The molecule has 2 fully saturated rings. The van der Waals surface area contributed by atoms with Crippen LogP contribution in [-0.2, 0) is 32.9 Å². The number of amides is 3. The fourth-order valence-corrected chi connectivity index (χ4v) is 7.16. The third-order valence-electron chi connectivity index (χ3n) is 8.68. The Kier molecular flexibility index (Phi) is 4.90. The topological polar surface area (TPSA) is 113 Å². The minimum atomic E-state index is -1.42. The molecule has 5 heterocycles. The van der Waals surface area contributed by atoms with E-state index in [0.717, 1.165) is 22.0 Å². The van der Waals surface area contributed by atoms with Crippen LogP contribution in [-0.4, -0.2) is 40.4 Å². The summed E-state index contributed by atoms with van der Waals surface area (Å²) in [6.07, 6.45) is 2.38. The lowest BCUT2D eigenvalue weighted by Gasteiger charge is -2.29. The zero-order chi connectivity index (χ0) is 27.2. The molecule has 0 radical (unpaired) electrons. The predicted octanol–water partition coefficient (Wildman–Crippen LogP) is 3.71. The number of rotatable bonds is 4. The quantitative estimate of drug-likeness (QED) is 0.332. The standard InChI is InChI=1S/C30H23ClN4O5/c31-19-6-3-5-18-26(19)33-29(38)30(18)25-24(21(34-30)11-16-12-32-20-7-2-1-4-17(16)20)27(36)35(28(25)37)13-15-8-9-22-23(10-15)40-14-39-22/h1-10,12,21,24-25,32,34H,11,13-14H2,(H,33,38)/t21-,24+,25-,30-/m0/s1. The Balaban J connectivity index is 1.22. The highest BCUT2D eigenvalue weighted by Gasteiger charge is 2.70. The number of aromatic amines is 1. The van der Waals surface area contributed by atoms with Gasteiger partial charge in [0.25, 0.3) is 0 Å². The van der Waals surface area contributed by atoms with Crippen LogP contribution < -0.4 is 20.1 Å². The van der Waals surface area contributed by atoms with Crippen LogP contribution in [0.3, 0.4) is 0 Å². The van der Waals surface area contributed by atoms with Crippen molar-refractivity contribution in [2.75, 3.05) is 12.1 Å². The molecule has 1 aromatic heterocycles. The lowest BCUT2D eigenvalue weighted by atomic mass is 9.76. The predicted molar refractivity (Wildman–Crippen MR) is 146 cm³/mol. The van der Waals surface area contributed by atoms with E-state index < -0.39 is 23.4 Å². The second-order valence-corrected chi connectivity index (χ2v) is 11.1. The van der Waals surface area contributed by atoms with Crippen LogP contribution in [0.5, 0.6) is 11.5 Å². The van der Waals surface area contributed by atoms with Crippen molar-refractivity contribution in [1.29, 1.82) is 0 Å². The SMILES string of the molecule is O=C1[C@@H]2[C@H](Cc3c[nH]c4ccccc34)N[C@]3(C(=O)Nc4c(Cl)cccc43)[C@@H]2C(=O)N1Cc1ccc2c(c1)OCO2. The number of likely N-dealkylation sites (tertiary alicyclic amines) is 1. The van der Waals surface area contributed by atoms with Crippen LogP contribution in [0.25, 0.3) is 10.9 Å². The van der Waals surface area contributed by atoms with Crippen molar-refractivity contribution in [3.63, 3.8) is 0 Å². The van der Waals surface area contributed by atoms with Gasteiger partial charge in [-0.2, -0.15) is 0 Å².